The summed E-state index contributed by atoms with van der Waals surface area (Å²) in [6.45, 7) is 7.74. The first-order valence-electron chi connectivity index (χ1n) is 17.9. The zero-order valence-corrected chi connectivity index (χ0v) is 33.2. The number of carbonyl (C=O) groups excluding carboxylic acids is 2. The van der Waals surface area contributed by atoms with Crippen molar-refractivity contribution in [3.63, 3.8) is 0 Å². The van der Waals surface area contributed by atoms with Gasteiger partial charge in [-0.05, 0) is 76.1 Å². The molecule has 3 N–H and O–H groups in total. The van der Waals surface area contributed by atoms with E-state index in [4.69, 9.17) is 60.7 Å². The van der Waals surface area contributed by atoms with Crippen molar-refractivity contribution in [3.8, 4) is 41.4 Å². The van der Waals surface area contributed by atoms with Crippen molar-refractivity contribution < 1.29 is 62.4 Å². The van der Waals surface area contributed by atoms with Gasteiger partial charge in [-0.3, -0.25) is 4.79 Å². The number of benzene rings is 2. The zero-order chi connectivity index (χ0) is 40.9. The van der Waals surface area contributed by atoms with Crippen molar-refractivity contribution in [1.82, 2.24) is 5.32 Å². The quantitative estimate of drug-likeness (QED) is 0.190. The number of alkyl carbamates (subject to hydrolysis) is 1. The maximum Gasteiger partial charge on any atom is 0.408 e. The van der Waals surface area contributed by atoms with Crippen LogP contribution in [0.15, 0.2) is 48.0 Å². The van der Waals surface area contributed by atoms with Crippen LogP contribution in [0.25, 0.3) is 0 Å². The lowest BCUT2D eigenvalue weighted by atomic mass is 9.88. The topological polar surface area (TPSA) is 170 Å². The summed E-state index contributed by atoms with van der Waals surface area (Å²) in [7, 11) is 2.96. The number of rotatable bonds is 8. The molecule has 15 heteroatoms. The van der Waals surface area contributed by atoms with Gasteiger partial charge in [0.05, 0.1) is 43.9 Å². The molecule has 0 unspecified atom stereocenters. The average molecular weight is 798 g/mol. The molecule has 302 valence electrons. The van der Waals surface area contributed by atoms with Gasteiger partial charge in [0.1, 0.15) is 29.7 Å². The first-order valence-corrected chi connectivity index (χ1v) is 18.2. The monoisotopic (exact) mass is 797 g/mol. The van der Waals surface area contributed by atoms with E-state index in [9.17, 15) is 19.8 Å². The van der Waals surface area contributed by atoms with E-state index in [0.29, 0.717) is 11.3 Å². The molecule has 1 amide bonds. The van der Waals surface area contributed by atoms with Gasteiger partial charge >= 0.3 is 12.1 Å². The number of nitrogens with one attached hydrogen (secondary N) is 1. The third-order valence-electron chi connectivity index (χ3n) is 8.99. The molecule has 14 nitrogen and oxygen atoms in total. The van der Waals surface area contributed by atoms with Gasteiger partial charge in [-0.1, -0.05) is 41.5 Å². The third kappa shape index (κ3) is 10.3. The molecule has 4 aliphatic rings. The summed E-state index contributed by atoms with van der Waals surface area (Å²) < 4.78 is 52.8. The number of halogens is 1. The Morgan fingerprint density at radius 2 is 1.91 bits per heavy atom. The lowest BCUT2D eigenvalue weighted by Crippen LogP contribution is -2.49. The van der Waals surface area contributed by atoms with E-state index >= 15 is 0 Å². The Bertz CT molecular complexity index is 1890. The summed E-state index contributed by atoms with van der Waals surface area (Å²) in [5.74, 6) is 7.21. The van der Waals surface area contributed by atoms with E-state index in [1.807, 2.05) is 12.1 Å². The molecule has 56 heavy (non-hydrogen) atoms. The second-order valence-electron chi connectivity index (χ2n) is 15.0. The molecule has 1 spiro atoms. The number of esters is 1. The average Bonchev–Trinajstić information content (AvgIpc) is 3.61. The Labute approximate surface area is 331 Å². The second kappa shape index (κ2) is 17.3. The predicted octanol–water partition coefficient (Wildman–Crippen LogP) is 4.76. The third-order valence-corrected chi connectivity index (χ3v) is 9.27. The second-order valence-corrected chi connectivity index (χ2v) is 15.4. The van der Waals surface area contributed by atoms with Gasteiger partial charge in [0.15, 0.2) is 35.8 Å². The van der Waals surface area contributed by atoms with Crippen LogP contribution in [0.4, 0.5) is 4.79 Å². The molecular formula is C41H48ClNO13. The SMILES string of the molecule is C#C[C@H]1Oc2c(Cl)cc(cc2OCOC)[C@@H](NC(=O)OC(C)(C)C)CC(=O)OC[C@H](OCc2ccc(OC)cc2)[C@]2(C#CC3=C[C@@H](O)C[C@@]31O)COC(C)(C)O2. The normalized spacial score (nSPS) is 27.4. The molecule has 0 saturated carbocycles. The molecule has 6 atom stereocenters. The van der Waals surface area contributed by atoms with Crippen LogP contribution < -0.4 is 19.5 Å². The van der Waals surface area contributed by atoms with E-state index < -0.39 is 65.4 Å². The fourth-order valence-corrected chi connectivity index (χ4v) is 6.59. The van der Waals surface area contributed by atoms with Crippen LogP contribution in [0.3, 0.4) is 0 Å². The van der Waals surface area contributed by atoms with E-state index in [1.165, 1.54) is 25.3 Å². The first-order chi connectivity index (χ1) is 26.4. The molecule has 3 heterocycles. The van der Waals surface area contributed by atoms with Gasteiger partial charge in [-0.25, -0.2) is 4.79 Å². The molecule has 1 aliphatic carbocycles. The maximum atomic E-state index is 13.8. The summed E-state index contributed by atoms with van der Waals surface area (Å²) >= 11 is 6.82. The number of carbonyl (C=O) groups is 2. The number of amides is 1. The largest absolute Gasteiger partial charge is 0.497 e. The minimum absolute atomic E-state index is 0.00622. The van der Waals surface area contributed by atoms with Crippen molar-refractivity contribution in [2.75, 3.05) is 34.2 Å². The lowest BCUT2D eigenvalue weighted by Gasteiger charge is -2.33. The van der Waals surface area contributed by atoms with Gasteiger partial charge in [-0.15, -0.1) is 6.42 Å². The molecule has 3 aliphatic heterocycles. The Hall–Kier alpha value is -4.51. The number of terminal acetylenes is 1. The number of methoxy groups -OCH3 is 2. The van der Waals surface area contributed by atoms with Crippen LogP contribution in [0, 0.1) is 24.2 Å². The summed E-state index contributed by atoms with van der Waals surface area (Å²) in [4.78, 5) is 26.9. The van der Waals surface area contributed by atoms with Crippen LogP contribution in [-0.4, -0.2) is 97.4 Å². The number of ether oxygens (including phenoxy) is 9. The Kier molecular flexibility index (Phi) is 13.2. The Morgan fingerprint density at radius 3 is 2.54 bits per heavy atom. The van der Waals surface area contributed by atoms with E-state index in [0.717, 1.165) is 5.56 Å². The molecule has 2 aromatic rings. The van der Waals surface area contributed by atoms with E-state index in [-0.39, 0.29) is 55.1 Å². The Balaban J connectivity index is 1.64. The molecule has 2 aromatic carbocycles. The molecule has 1 fully saturated rings. The van der Waals surface area contributed by atoms with E-state index in [1.54, 1.807) is 53.9 Å². The zero-order valence-electron chi connectivity index (χ0n) is 32.4. The van der Waals surface area contributed by atoms with Gasteiger partial charge in [0.2, 0.25) is 0 Å². The van der Waals surface area contributed by atoms with Crippen molar-refractivity contribution in [3.05, 3.63) is 64.2 Å². The maximum absolute atomic E-state index is 13.8. The highest BCUT2D eigenvalue weighted by Gasteiger charge is 2.53. The van der Waals surface area contributed by atoms with Gasteiger partial charge in [0.25, 0.3) is 0 Å². The van der Waals surface area contributed by atoms with Crippen LogP contribution in [0.5, 0.6) is 17.2 Å². The summed E-state index contributed by atoms with van der Waals surface area (Å²) in [5.41, 5.74) is -3.40. The molecule has 2 bridgehead atoms. The van der Waals surface area contributed by atoms with Crippen molar-refractivity contribution in [2.24, 2.45) is 0 Å². The fourth-order valence-electron chi connectivity index (χ4n) is 6.33. The molecule has 1 saturated heterocycles. The summed E-state index contributed by atoms with van der Waals surface area (Å²) in [6.07, 6.45) is 2.16. The molecule has 0 radical (unpaired) electrons. The highest BCUT2D eigenvalue weighted by atomic mass is 35.5. The fraction of sp³-hybridized carbons (Fsp3) is 0.512. The van der Waals surface area contributed by atoms with Crippen LogP contribution in [0.1, 0.15) is 64.6 Å². The van der Waals surface area contributed by atoms with Crippen LogP contribution in [0.2, 0.25) is 5.02 Å². The van der Waals surface area contributed by atoms with Crippen molar-refractivity contribution in [1.29, 1.82) is 0 Å². The smallest absolute Gasteiger partial charge is 0.408 e. The van der Waals surface area contributed by atoms with Crippen molar-refractivity contribution >= 4 is 23.7 Å². The highest BCUT2D eigenvalue weighted by molar-refractivity contribution is 6.32. The minimum Gasteiger partial charge on any atom is -0.497 e. The summed E-state index contributed by atoms with van der Waals surface area (Å²) in [5, 5.41) is 25.7. The first kappa shape index (κ1) is 42.6. The predicted molar refractivity (Wildman–Crippen MR) is 202 cm³/mol. The van der Waals surface area contributed by atoms with Crippen molar-refractivity contribution in [2.45, 2.75) is 101 Å². The van der Waals surface area contributed by atoms with Gasteiger partial charge < -0.3 is 58.2 Å². The minimum atomic E-state index is -2.04. The van der Waals surface area contributed by atoms with Crippen LogP contribution >= 0.6 is 11.6 Å². The molecule has 6 rings (SSSR count). The number of aliphatic hydroxyl groups excluding tert-OH is 1. The highest BCUT2D eigenvalue weighted by Crippen LogP contribution is 2.43. The Morgan fingerprint density at radius 1 is 1.18 bits per heavy atom. The molecular weight excluding hydrogens is 750 g/mol. The van der Waals surface area contributed by atoms with E-state index in [2.05, 4.69) is 23.1 Å². The standard InChI is InChI=1S/C41H48ClNO13/c1-9-33-41(47)20-28(44)18-27(41)14-15-40(23-53-39(5,6)56-40)34(50-21-25-10-12-29(49-8)13-11-25)22-51-35(45)19-31(43-37(46)55-38(2,3)4)26-16-30(42)36(54-33)32(17-26)52-24-48-7/h1,10-13,16-18,28,31,33-34,44,47H,19-24H2,2-8H3,(H,43,46)/t28-,31+,33-,34+,40+,41-/m1/s1. The number of fused-ring (bicyclic) bond motifs is 8. The summed E-state index contributed by atoms with van der Waals surface area (Å²) in [6, 6.07) is 9.04. The number of aliphatic hydroxyl groups is 2. The van der Waals surface area contributed by atoms with Crippen LogP contribution in [-0.2, 0) is 39.8 Å². The number of hydrogen-bond donors (Lipinski definition) is 3. The van der Waals surface area contributed by atoms with Gasteiger partial charge in [-0.2, -0.15) is 0 Å². The lowest BCUT2D eigenvalue weighted by molar-refractivity contribution is -0.187. The molecule has 0 aromatic heterocycles. The number of hydrogen-bond acceptors (Lipinski definition) is 13. The van der Waals surface area contributed by atoms with Gasteiger partial charge in [0, 0.05) is 19.1 Å².